The molecule has 1 N–H and O–H groups in total. The Kier molecular flexibility index (Phi) is 5.01. The van der Waals surface area contributed by atoms with Crippen LogP contribution in [0.15, 0.2) is 59.3 Å². The van der Waals surface area contributed by atoms with Crippen molar-refractivity contribution in [2.24, 2.45) is 5.41 Å². The topological polar surface area (TPSA) is 81.4 Å². The summed E-state index contributed by atoms with van der Waals surface area (Å²) in [5.41, 5.74) is 0.825. The van der Waals surface area contributed by atoms with Crippen molar-refractivity contribution in [2.75, 3.05) is 6.61 Å². The number of halogens is 2. The molecule has 1 amide bonds. The van der Waals surface area contributed by atoms with E-state index < -0.39 is 5.82 Å². The predicted octanol–water partition coefficient (Wildman–Crippen LogP) is 4.82. The predicted molar refractivity (Wildman–Crippen MR) is 115 cm³/mol. The summed E-state index contributed by atoms with van der Waals surface area (Å²) in [6.45, 7) is -0.117. The van der Waals surface area contributed by atoms with Crippen LogP contribution < -0.4 is 10.1 Å². The number of carbonyl (C=O) groups is 2. The molecule has 6 rings (SSSR count). The average molecular weight is 455 g/mol. The van der Waals surface area contributed by atoms with Crippen molar-refractivity contribution in [2.45, 2.75) is 31.2 Å². The van der Waals surface area contributed by atoms with Crippen LogP contribution in [0.5, 0.6) is 5.75 Å². The lowest BCUT2D eigenvalue weighted by molar-refractivity contribution is -0.162. The molecule has 32 heavy (non-hydrogen) atoms. The molecule has 3 aromatic rings. The molecule has 2 heterocycles. The normalized spacial score (nSPS) is 23.1. The first-order chi connectivity index (χ1) is 15.4. The largest absolute Gasteiger partial charge is 0.486 e. The molecule has 0 atom stereocenters. The molecule has 3 saturated carbocycles. The molecule has 3 fully saturated rings. The highest BCUT2D eigenvalue weighted by atomic mass is 35.5. The monoisotopic (exact) mass is 454 g/mol. The van der Waals surface area contributed by atoms with Gasteiger partial charge in [0.15, 0.2) is 5.78 Å². The molecule has 164 valence electrons. The number of benzene rings is 1. The van der Waals surface area contributed by atoms with Crippen LogP contribution in [0.2, 0.25) is 5.02 Å². The molecule has 0 aliphatic heterocycles. The molecule has 2 bridgehead atoms. The van der Waals surface area contributed by atoms with Gasteiger partial charge in [-0.2, -0.15) is 0 Å². The van der Waals surface area contributed by atoms with E-state index in [2.05, 4.69) is 10.3 Å². The number of rotatable bonds is 8. The lowest BCUT2D eigenvalue weighted by atomic mass is 9.38. The third-order valence-electron chi connectivity index (χ3n) is 6.18. The SMILES string of the molecule is O=C(COc1ccc(Cl)c(F)c1)CC12CC(NC(=O)c3ccc(-c4ccco4)cn3)(C1)C2. The van der Waals surface area contributed by atoms with E-state index in [1.807, 2.05) is 6.07 Å². The molecule has 6 nitrogen and oxygen atoms in total. The van der Waals surface area contributed by atoms with Gasteiger partial charge in [-0.3, -0.25) is 14.6 Å². The van der Waals surface area contributed by atoms with Gasteiger partial charge in [0.05, 0.1) is 11.3 Å². The van der Waals surface area contributed by atoms with Gasteiger partial charge in [0, 0.05) is 29.8 Å². The van der Waals surface area contributed by atoms with Crippen LogP contribution in [-0.2, 0) is 4.79 Å². The van der Waals surface area contributed by atoms with E-state index in [-0.39, 0.29) is 40.0 Å². The maximum Gasteiger partial charge on any atom is 0.270 e. The van der Waals surface area contributed by atoms with Crippen molar-refractivity contribution in [3.05, 3.63) is 71.5 Å². The number of carbonyl (C=O) groups excluding carboxylic acids is 2. The van der Waals surface area contributed by atoms with Crippen molar-refractivity contribution in [1.29, 1.82) is 0 Å². The number of hydrogen-bond acceptors (Lipinski definition) is 5. The van der Waals surface area contributed by atoms with Gasteiger partial charge in [-0.1, -0.05) is 11.6 Å². The molecule has 1 aromatic carbocycles. The zero-order valence-electron chi connectivity index (χ0n) is 17.1. The first-order valence-corrected chi connectivity index (χ1v) is 10.7. The number of pyridine rings is 1. The highest BCUT2D eigenvalue weighted by Crippen LogP contribution is 2.69. The lowest BCUT2D eigenvalue weighted by Crippen LogP contribution is -2.75. The summed E-state index contributed by atoms with van der Waals surface area (Å²) in [4.78, 5) is 29.2. The third kappa shape index (κ3) is 3.88. The van der Waals surface area contributed by atoms with Crippen LogP contribution in [0.3, 0.4) is 0 Å². The van der Waals surface area contributed by atoms with E-state index in [0.717, 1.165) is 30.9 Å². The highest BCUT2D eigenvalue weighted by Gasteiger charge is 2.68. The second kappa shape index (κ2) is 7.74. The summed E-state index contributed by atoms with van der Waals surface area (Å²) >= 11 is 5.64. The number of ether oxygens (including phenoxy) is 1. The summed E-state index contributed by atoms with van der Waals surface area (Å²) in [6.07, 6.45) is 5.87. The number of hydrogen-bond donors (Lipinski definition) is 1. The lowest BCUT2D eigenvalue weighted by Gasteiger charge is -2.70. The van der Waals surface area contributed by atoms with E-state index in [0.29, 0.717) is 17.9 Å². The van der Waals surface area contributed by atoms with Crippen molar-refractivity contribution in [1.82, 2.24) is 10.3 Å². The van der Waals surface area contributed by atoms with Gasteiger partial charge in [0.25, 0.3) is 5.91 Å². The Labute approximate surface area is 188 Å². The number of furan rings is 1. The number of Topliss-reactive ketones (excluding diaryl/α,β-unsaturated/α-hetero) is 1. The average Bonchev–Trinajstić information content (AvgIpc) is 3.27. The number of nitrogens with zero attached hydrogens (tertiary/aromatic N) is 1. The second-order valence-corrected chi connectivity index (χ2v) is 9.16. The van der Waals surface area contributed by atoms with Crippen LogP contribution >= 0.6 is 11.6 Å². The fraction of sp³-hybridized carbons (Fsp3) is 0.292. The van der Waals surface area contributed by atoms with E-state index >= 15 is 0 Å². The van der Waals surface area contributed by atoms with E-state index in [1.165, 1.54) is 12.1 Å². The van der Waals surface area contributed by atoms with E-state index in [9.17, 15) is 14.0 Å². The van der Waals surface area contributed by atoms with Gasteiger partial charge < -0.3 is 14.5 Å². The van der Waals surface area contributed by atoms with Crippen LogP contribution in [0, 0.1) is 11.2 Å². The zero-order chi connectivity index (χ0) is 22.3. The molecule has 3 aliphatic carbocycles. The minimum Gasteiger partial charge on any atom is -0.486 e. The summed E-state index contributed by atoms with van der Waals surface area (Å²) in [6, 6.07) is 11.2. The number of ketones is 1. The van der Waals surface area contributed by atoms with Gasteiger partial charge in [-0.05, 0) is 61.1 Å². The van der Waals surface area contributed by atoms with Crippen LogP contribution in [0.4, 0.5) is 4.39 Å². The number of amides is 1. The van der Waals surface area contributed by atoms with Gasteiger partial charge >= 0.3 is 0 Å². The summed E-state index contributed by atoms with van der Waals surface area (Å²) in [5, 5.41) is 3.08. The van der Waals surface area contributed by atoms with Crippen LogP contribution in [0.25, 0.3) is 11.3 Å². The van der Waals surface area contributed by atoms with Crippen molar-refractivity contribution >= 4 is 23.3 Å². The Morgan fingerprint density at radius 2 is 2.00 bits per heavy atom. The smallest absolute Gasteiger partial charge is 0.270 e. The second-order valence-electron chi connectivity index (χ2n) is 8.75. The molecule has 8 heteroatoms. The zero-order valence-corrected chi connectivity index (χ0v) is 17.8. The first-order valence-electron chi connectivity index (χ1n) is 10.3. The van der Waals surface area contributed by atoms with Gasteiger partial charge in [0.1, 0.15) is 29.6 Å². The Bertz CT molecular complexity index is 1160. The summed E-state index contributed by atoms with van der Waals surface area (Å²) in [7, 11) is 0. The Morgan fingerprint density at radius 1 is 1.19 bits per heavy atom. The van der Waals surface area contributed by atoms with E-state index in [4.69, 9.17) is 20.8 Å². The maximum atomic E-state index is 13.5. The first kappa shape index (κ1) is 20.7. The molecule has 0 saturated heterocycles. The Morgan fingerprint density at radius 3 is 2.66 bits per heavy atom. The van der Waals surface area contributed by atoms with Gasteiger partial charge in [-0.15, -0.1) is 0 Å². The summed E-state index contributed by atoms with van der Waals surface area (Å²) < 4.78 is 24.2. The summed E-state index contributed by atoms with van der Waals surface area (Å²) in [5.74, 6) is 0.116. The Hall–Kier alpha value is -3.19. The standard InChI is InChI=1S/C24H20ClFN2O4/c25-18-5-4-17(8-19(18)26)32-11-16(29)9-23-12-24(13-23,14-23)28-22(30)20-6-3-15(10-27-20)21-2-1-7-31-21/h1-8,10H,9,11-14H2,(H,28,30). The molecule has 0 radical (unpaired) electrons. The minimum absolute atomic E-state index is 0.00792. The molecular weight excluding hydrogens is 435 g/mol. The molecule has 0 spiro atoms. The number of nitrogens with one attached hydrogen (secondary N) is 1. The van der Waals surface area contributed by atoms with Crippen LogP contribution in [-0.4, -0.2) is 28.8 Å². The van der Waals surface area contributed by atoms with Crippen LogP contribution in [0.1, 0.15) is 36.2 Å². The third-order valence-corrected chi connectivity index (χ3v) is 6.49. The minimum atomic E-state index is -0.584. The van der Waals surface area contributed by atoms with E-state index in [1.54, 1.807) is 30.7 Å². The maximum absolute atomic E-state index is 13.5. The fourth-order valence-corrected chi connectivity index (χ4v) is 5.06. The highest BCUT2D eigenvalue weighted by molar-refractivity contribution is 6.30. The van der Waals surface area contributed by atoms with Crippen molar-refractivity contribution in [3.63, 3.8) is 0 Å². The molecule has 3 aliphatic rings. The Balaban J connectivity index is 1.09. The van der Waals surface area contributed by atoms with Crippen molar-refractivity contribution in [3.8, 4) is 17.1 Å². The molecule has 2 aromatic heterocycles. The molecular formula is C24H20ClFN2O4. The number of aromatic nitrogens is 1. The van der Waals surface area contributed by atoms with Gasteiger partial charge in [-0.25, -0.2) is 4.39 Å². The quantitative estimate of drug-likeness (QED) is 0.527. The fourth-order valence-electron chi connectivity index (χ4n) is 4.94. The van der Waals surface area contributed by atoms with Gasteiger partial charge in [0.2, 0.25) is 0 Å². The van der Waals surface area contributed by atoms with Crippen molar-refractivity contribution < 1.29 is 23.1 Å². The molecule has 0 unspecified atom stereocenters.